The van der Waals surface area contributed by atoms with E-state index in [4.69, 9.17) is 18.9 Å². The van der Waals surface area contributed by atoms with Crippen molar-refractivity contribution in [3.05, 3.63) is 47.0 Å². The summed E-state index contributed by atoms with van der Waals surface area (Å²) in [5, 5.41) is 10.9. The Bertz CT molecular complexity index is 786. The molecule has 5 heteroatoms. The fourth-order valence-electron chi connectivity index (χ4n) is 3.67. The van der Waals surface area contributed by atoms with Gasteiger partial charge in [0.05, 0.1) is 34.5 Å². The van der Waals surface area contributed by atoms with Crippen LogP contribution in [0, 0.1) is 0 Å². The van der Waals surface area contributed by atoms with Crippen LogP contribution < -0.4 is 18.9 Å². The van der Waals surface area contributed by atoms with E-state index in [1.165, 1.54) is 0 Å². The van der Waals surface area contributed by atoms with Gasteiger partial charge in [-0.3, -0.25) is 0 Å². The number of fused-ring (bicyclic) bond motifs is 1. The highest BCUT2D eigenvalue weighted by molar-refractivity contribution is 5.58. The predicted octanol–water partition coefficient (Wildman–Crippen LogP) is 2.94. The topological polar surface area (TPSA) is 57.2 Å². The maximum absolute atomic E-state index is 10.9. The largest absolute Gasteiger partial charge is 0.493 e. The SMILES string of the molecule is COc1ccc(C2(C)c3cc(OC)c(OC)cc3CC2O)cc1OC. The number of methoxy groups -OCH3 is 4. The molecule has 1 aliphatic carbocycles. The number of rotatable bonds is 5. The molecule has 1 N–H and O–H groups in total. The first kappa shape index (κ1) is 17.4. The summed E-state index contributed by atoms with van der Waals surface area (Å²) in [4.78, 5) is 0. The second-order valence-electron chi connectivity index (χ2n) is 6.36. The molecule has 0 fully saturated rings. The van der Waals surface area contributed by atoms with E-state index in [2.05, 4.69) is 0 Å². The Morgan fingerprint density at radius 3 is 2.00 bits per heavy atom. The van der Waals surface area contributed by atoms with Crippen LogP contribution in [-0.4, -0.2) is 39.6 Å². The molecule has 0 radical (unpaired) electrons. The van der Waals surface area contributed by atoms with Crippen LogP contribution in [0.4, 0.5) is 0 Å². The van der Waals surface area contributed by atoms with Crippen LogP contribution in [-0.2, 0) is 11.8 Å². The van der Waals surface area contributed by atoms with Crippen molar-refractivity contribution in [1.29, 1.82) is 0 Å². The van der Waals surface area contributed by atoms with Crippen LogP contribution in [0.15, 0.2) is 30.3 Å². The van der Waals surface area contributed by atoms with Crippen molar-refractivity contribution in [2.24, 2.45) is 0 Å². The van der Waals surface area contributed by atoms with Crippen LogP contribution >= 0.6 is 0 Å². The fraction of sp³-hybridized carbons (Fsp3) is 0.400. The number of benzene rings is 2. The lowest BCUT2D eigenvalue weighted by molar-refractivity contribution is 0.126. The Morgan fingerprint density at radius 1 is 0.840 bits per heavy atom. The molecule has 0 heterocycles. The van der Waals surface area contributed by atoms with Crippen LogP contribution in [0.1, 0.15) is 23.6 Å². The maximum Gasteiger partial charge on any atom is 0.161 e. The third kappa shape index (κ3) is 2.59. The van der Waals surface area contributed by atoms with E-state index in [1.54, 1.807) is 28.4 Å². The molecule has 5 nitrogen and oxygen atoms in total. The molecule has 25 heavy (non-hydrogen) atoms. The molecule has 2 aromatic carbocycles. The van der Waals surface area contributed by atoms with Crippen molar-refractivity contribution in [3.8, 4) is 23.0 Å². The second kappa shape index (κ2) is 6.48. The summed E-state index contributed by atoms with van der Waals surface area (Å²) >= 11 is 0. The number of hydrogen-bond donors (Lipinski definition) is 1. The zero-order chi connectivity index (χ0) is 18.2. The van der Waals surface area contributed by atoms with E-state index in [0.29, 0.717) is 29.4 Å². The Balaban J connectivity index is 2.17. The highest BCUT2D eigenvalue weighted by Gasteiger charge is 2.44. The van der Waals surface area contributed by atoms with Gasteiger partial charge in [0, 0.05) is 5.41 Å². The van der Waals surface area contributed by atoms with Crippen molar-refractivity contribution < 1.29 is 24.1 Å². The molecule has 0 saturated carbocycles. The van der Waals surface area contributed by atoms with Crippen molar-refractivity contribution in [1.82, 2.24) is 0 Å². The predicted molar refractivity (Wildman–Crippen MR) is 95.3 cm³/mol. The quantitative estimate of drug-likeness (QED) is 0.904. The molecule has 0 saturated heterocycles. The summed E-state index contributed by atoms with van der Waals surface area (Å²) in [6.07, 6.45) is -0.00187. The Labute approximate surface area is 148 Å². The molecule has 0 aromatic heterocycles. The molecule has 0 spiro atoms. The Morgan fingerprint density at radius 2 is 1.40 bits per heavy atom. The van der Waals surface area contributed by atoms with Crippen LogP contribution in [0.2, 0.25) is 0 Å². The highest BCUT2D eigenvalue weighted by Crippen LogP contribution is 2.48. The number of aliphatic hydroxyl groups is 1. The van der Waals surface area contributed by atoms with Crippen LogP contribution in [0.3, 0.4) is 0 Å². The number of hydrogen-bond acceptors (Lipinski definition) is 5. The van der Waals surface area contributed by atoms with E-state index in [1.807, 2.05) is 37.3 Å². The summed E-state index contributed by atoms with van der Waals surface area (Å²) in [5.41, 5.74) is 2.48. The molecule has 3 rings (SSSR count). The minimum Gasteiger partial charge on any atom is -0.493 e. The molecule has 134 valence electrons. The van der Waals surface area contributed by atoms with E-state index in [-0.39, 0.29) is 0 Å². The number of ether oxygens (including phenoxy) is 4. The maximum atomic E-state index is 10.9. The van der Waals surface area contributed by atoms with E-state index >= 15 is 0 Å². The molecule has 0 bridgehead atoms. The van der Waals surface area contributed by atoms with Gasteiger partial charge < -0.3 is 24.1 Å². The Hall–Kier alpha value is -2.40. The summed E-state index contributed by atoms with van der Waals surface area (Å²) in [7, 11) is 6.44. The highest BCUT2D eigenvalue weighted by atomic mass is 16.5. The first-order chi connectivity index (χ1) is 12.0. The van der Waals surface area contributed by atoms with E-state index in [0.717, 1.165) is 16.7 Å². The second-order valence-corrected chi connectivity index (χ2v) is 6.36. The molecule has 2 atom stereocenters. The van der Waals surface area contributed by atoms with Crippen molar-refractivity contribution in [3.63, 3.8) is 0 Å². The summed E-state index contributed by atoms with van der Waals surface area (Å²) in [5.74, 6) is 2.63. The third-order valence-corrected chi connectivity index (χ3v) is 5.23. The van der Waals surface area contributed by atoms with Crippen molar-refractivity contribution in [2.45, 2.75) is 24.9 Å². The third-order valence-electron chi connectivity index (χ3n) is 5.23. The lowest BCUT2D eigenvalue weighted by Crippen LogP contribution is -2.34. The molecule has 0 amide bonds. The summed E-state index contributed by atoms with van der Waals surface area (Å²) in [6.45, 7) is 2.04. The number of aliphatic hydroxyl groups excluding tert-OH is 1. The monoisotopic (exact) mass is 344 g/mol. The first-order valence-electron chi connectivity index (χ1n) is 8.15. The average Bonchev–Trinajstić information content (AvgIpc) is 2.90. The molecule has 1 aliphatic rings. The average molecular weight is 344 g/mol. The summed E-state index contributed by atoms with van der Waals surface area (Å²) in [6, 6.07) is 9.67. The fourth-order valence-corrected chi connectivity index (χ4v) is 3.67. The summed E-state index contributed by atoms with van der Waals surface area (Å²) < 4.78 is 21.6. The van der Waals surface area contributed by atoms with Gasteiger partial charge in [-0.05, 0) is 54.3 Å². The first-order valence-corrected chi connectivity index (χ1v) is 8.15. The molecule has 2 unspecified atom stereocenters. The van der Waals surface area contributed by atoms with Crippen molar-refractivity contribution >= 4 is 0 Å². The standard InChI is InChI=1S/C20H24O5/c1-20(13-6-7-15(22-2)17(10-13)24-4)14-11-18(25-5)16(23-3)8-12(14)9-19(20)21/h6-8,10-11,19,21H,9H2,1-5H3. The van der Waals surface area contributed by atoms with Gasteiger partial charge in [-0.1, -0.05) is 6.07 Å². The van der Waals surface area contributed by atoms with E-state index < -0.39 is 11.5 Å². The Kier molecular flexibility index (Phi) is 4.52. The normalized spacial score (nSPS) is 21.6. The van der Waals surface area contributed by atoms with Crippen molar-refractivity contribution in [2.75, 3.05) is 28.4 Å². The van der Waals surface area contributed by atoms with Gasteiger partial charge in [0.15, 0.2) is 23.0 Å². The lowest BCUT2D eigenvalue weighted by atomic mass is 9.75. The minimum absolute atomic E-state index is 0.556. The van der Waals surface area contributed by atoms with Gasteiger partial charge in [0.2, 0.25) is 0 Å². The van der Waals surface area contributed by atoms with Crippen LogP contribution in [0.25, 0.3) is 0 Å². The van der Waals surface area contributed by atoms with Gasteiger partial charge >= 0.3 is 0 Å². The lowest BCUT2D eigenvalue weighted by Gasteiger charge is -2.31. The minimum atomic E-state index is -0.575. The van der Waals surface area contributed by atoms with Crippen LogP contribution in [0.5, 0.6) is 23.0 Å². The molecular formula is C20H24O5. The van der Waals surface area contributed by atoms with Gasteiger partial charge in [-0.25, -0.2) is 0 Å². The van der Waals surface area contributed by atoms with Gasteiger partial charge in [0.25, 0.3) is 0 Å². The van der Waals surface area contributed by atoms with Gasteiger partial charge in [0.1, 0.15) is 0 Å². The van der Waals surface area contributed by atoms with Gasteiger partial charge in [-0.2, -0.15) is 0 Å². The zero-order valence-corrected chi connectivity index (χ0v) is 15.3. The molecular weight excluding hydrogens is 320 g/mol. The molecule has 2 aromatic rings. The van der Waals surface area contributed by atoms with Gasteiger partial charge in [-0.15, -0.1) is 0 Å². The smallest absolute Gasteiger partial charge is 0.161 e. The zero-order valence-electron chi connectivity index (χ0n) is 15.3. The van der Waals surface area contributed by atoms with E-state index in [9.17, 15) is 5.11 Å². The molecule has 0 aliphatic heterocycles.